The number of ether oxygens (including phenoxy) is 4. The zero-order chi connectivity index (χ0) is 33.1. The van der Waals surface area contributed by atoms with Crippen LogP contribution in [0.1, 0.15) is 41.5 Å². The van der Waals surface area contributed by atoms with Crippen molar-refractivity contribution >= 4 is 35.0 Å². The number of nitrogens with two attached hydrogens (primary N) is 2. The highest BCUT2D eigenvalue weighted by Crippen LogP contribution is 2.34. The Balaban J connectivity index is 1.35. The minimum Gasteiger partial charge on any atom is -0.490 e. The van der Waals surface area contributed by atoms with Gasteiger partial charge in [-0.3, -0.25) is 9.59 Å². The highest BCUT2D eigenvalue weighted by molar-refractivity contribution is 6.37. The lowest BCUT2D eigenvalue weighted by molar-refractivity contribution is -0.136. The summed E-state index contributed by atoms with van der Waals surface area (Å²) in [5.41, 5.74) is 15.4. The van der Waals surface area contributed by atoms with Gasteiger partial charge in [0.25, 0.3) is 5.91 Å². The molecule has 0 heterocycles. The summed E-state index contributed by atoms with van der Waals surface area (Å²) >= 11 is 12.5. The molecule has 0 spiro atoms. The van der Waals surface area contributed by atoms with Crippen LogP contribution in [-0.4, -0.2) is 62.8 Å². The summed E-state index contributed by atoms with van der Waals surface area (Å²) < 4.78 is 22.4. The average molecular weight is 673 g/mol. The number of methoxy groups -OCH3 is 1. The van der Waals surface area contributed by atoms with E-state index in [-0.39, 0.29) is 37.6 Å². The van der Waals surface area contributed by atoms with Gasteiger partial charge in [0.05, 0.1) is 16.0 Å². The molecular formula is C35H43Cl2N3O6. The number of hydrogen-bond donors (Lipinski definition) is 2. The van der Waals surface area contributed by atoms with Gasteiger partial charge in [0.15, 0.2) is 12.4 Å². The minimum atomic E-state index is -0.547. The lowest BCUT2D eigenvalue weighted by atomic mass is 9.97. The van der Waals surface area contributed by atoms with Crippen molar-refractivity contribution in [3.8, 4) is 17.2 Å². The van der Waals surface area contributed by atoms with E-state index < -0.39 is 5.91 Å². The SMILES string of the molecule is COCCCc1cc(CN(C(=O)C(CN)Cc2ccc(OCCOc3c(Cl)cc(C)cc3Cl)cc2)C2CC2)cc(OCC(N)=O)c1. The molecule has 4 N–H and O–H groups in total. The van der Waals surface area contributed by atoms with E-state index in [0.29, 0.717) is 53.5 Å². The molecule has 3 aromatic carbocycles. The molecule has 1 atom stereocenters. The monoisotopic (exact) mass is 671 g/mol. The predicted octanol–water partition coefficient (Wildman–Crippen LogP) is 5.51. The second-order valence-corrected chi connectivity index (χ2v) is 12.4. The molecular weight excluding hydrogens is 629 g/mol. The number of aryl methyl sites for hydroxylation is 2. The van der Waals surface area contributed by atoms with Crippen molar-refractivity contribution in [2.24, 2.45) is 17.4 Å². The van der Waals surface area contributed by atoms with Gasteiger partial charge in [-0.25, -0.2) is 0 Å². The molecule has 4 rings (SSSR count). The van der Waals surface area contributed by atoms with E-state index in [0.717, 1.165) is 47.9 Å². The predicted molar refractivity (Wildman–Crippen MR) is 180 cm³/mol. The molecule has 248 valence electrons. The standard InChI is InChI=1S/C35H43Cl2N3O6/c1-23-14-31(36)34(32(37)15-23)45-13-12-44-29-9-5-24(6-10-29)17-27(20-38)35(42)40(28-7-8-28)21-26-16-25(4-3-11-43-2)18-30(19-26)46-22-33(39)41/h5-6,9-10,14-16,18-19,27-28H,3-4,7-8,11-13,17,20-22,38H2,1-2H3,(H2,39,41). The molecule has 9 nitrogen and oxygen atoms in total. The molecule has 1 unspecified atom stereocenters. The van der Waals surface area contributed by atoms with E-state index in [2.05, 4.69) is 6.07 Å². The summed E-state index contributed by atoms with van der Waals surface area (Å²) in [7, 11) is 1.67. The van der Waals surface area contributed by atoms with Gasteiger partial charge < -0.3 is 35.3 Å². The third kappa shape index (κ3) is 10.8. The number of nitrogens with zero attached hydrogens (tertiary/aromatic N) is 1. The lowest BCUT2D eigenvalue weighted by Gasteiger charge is -2.27. The fraction of sp³-hybridized carbons (Fsp3) is 0.429. The van der Waals surface area contributed by atoms with Crippen molar-refractivity contribution in [1.82, 2.24) is 4.90 Å². The second kappa shape index (κ2) is 17.4. The van der Waals surface area contributed by atoms with Crippen LogP contribution in [0.4, 0.5) is 0 Å². The molecule has 1 aliphatic carbocycles. The summed E-state index contributed by atoms with van der Waals surface area (Å²) in [6, 6.07) is 17.3. The lowest BCUT2D eigenvalue weighted by Crippen LogP contribution is -2.41. The zero-order valence-corrected chi connectivity index (χ0v) is 27.9. The summed E-state index contributed by atoms with van der Waals surface area (Å²) in [5.74, 6) is 0.787. The summed E-state index contributed by atoms with van der Waals surface area (Å²) in [5, 5.41) is 0.924. The third-order valence-electron chi connectivity index (χ3n) is 7.63. The Morgan fingerprint density at radius 1 is 0.891 bits per heavy atom. The van der Waals surface area contributed by atoms with Crippen LogP contribution in [0.5, 0.6) is 17.2 Å². The Bertz CT molecular complexity index is 1440. The maximum Gasteiger partial charge on any atom is 0.255 e. The second-order valence-electron chi connectivity index (χ2n) is 11.6. The number of halogens is 2. The van der Waals surface area contributed by atoms with Crippen molar-refractivity contribution in [2.75, 3.05) is 40.1 Å². The van der Waals surface area contributed by atoms with Gasteiger partial charge in [-0.15, -0.1) is 0 Å². The largest absolute Gasteiger partial charge is 0.490 e. The quantitative estimate of drug-likeness (QED) is 0.161. The minimum absolute atomic E-state index is 0.0280. The van der Waals surface area contributed by atoms with E-state index in [1.54, 1.807) is 19.2 Å². The van der Waals surface area contributed by atoms with Gasteiger partial charge >= 0.3 is 0 Å². The van der Waals surface area contributed by atoms with Crippen LogP contribution in [0.25, 0.3) is 0 Å². The van der Waals surface area contributed by atoms with Crippen molar-refractivity contribution in [3.05, 3.63) is 86.9 Å². The molecule has 2 amide bonds. The first kappa shape index (κ1) is 35.4. The van der Waals surface area contributed by atoms with Crippen LogP contribution in [0, 0.1) is 12.8 Å². The molecule has 0 bridgehead atoms. The van der Waals surface area contributed by atoms with E-state index in [4.69, 9.17) is 53.6 Å². The van der Waals surface area contributed by atoms with Gasteiger partial charge in [0.1, 0.15) is 24.7 Å². The smallest absolute Gasteiger partial charge is 0.255 e. The van der Waals surface area contributed by atoms with Gasteiger partial charge in [-0.1, -0.05) is 41.4 Å². The van der Waals surface area contributed by atoms with E-state index >= 15 is 0 Å². The summed E-state index contributed by atoms with van der Waals surface area (Å²) in [6.07, 6.45) is 4.04. The van der Waals surface area contributed by atoms with Crippen LogP contribution in [-0.2, 0) is 33.7 Å². The fourth-order valence-electron chi connectivity index (χ4n) is 5.23. The van der Waals surface area contributed by atoms with E-state index in [1.807, 2.05) is 48.2 Å². The first-order valence-corrected chi connectivity index (χ1v) is 16.3. The topological polar surface area (TPSA) is 126 Å². The zero-order valence-electron chi connectivity index (χ0n) is 26.4. The number of carbonyl (C=O) groups is 2. The number of carbonyl (C=O) groups excluding carboxylic acids is 2. The molecule has 1 saturated carbocycles. The summed E-state index contributed by atoms with van der Waals surface area (Å²) in [4.78, 5) is 27.1. The average Bonchev–Trinajstić information content (AvgIpc) is 3.87. The summed E-state index contributed by atoms with van der Waals surface area (Å²) in [6.45, 7) is 3.58. The molecule has 46 heavy (non-hydrogen) atoms. The van der Waals surface area contributed by atoms with Crippen molar-refractivity contribution in [2.45, 2.75) is 51.6 Å². The molecule has 1 fully saturated rings. The van der Waals surface area contributed by atoms with Crippen LogP contribution in [0.2, 0.25) is 10.0 Å². The molecule has 1 aliphatic rings. The maximum absolute atomic E-state index is 13.9. The molecule has 0 aromatic heterocycles. The highest BCUT2D eigenvalue weighted by Gasteiger charge is 2.35. The Hall–Kier alpha value is -3.50. The molecule has 11 heteroatoms. The molecule has 3 aromatic rings. The maximum atomic E-state index is 13.9. The van der Waals surface area contributed by atoms with Crippen LogP contribution in [0.3, 0.4) is 0 Å². The van der Waals surface area contributed by atoms with Crippen molar-refractivity contribution in [3.63, 3.8) is 0 Å². The van der Waals surface area contributed by atoms with Crippen molar-refractivity contribution < 1.29 is 28.5 Å². The number of hydrogen-bond acceptors (Lipinski definition) is 7. The van der Waals surface area contributed by atoms with Gasteiger partial charge in [0, 0.05) is 32.8 Å². The molecule has 0 aliphatic heterocycles. The number of benzene rings is 3. The first-order chi connectivity index (χ1) is 22.2. The number of primary amides is 1. The number of rotatable bonds is 19. The van der Waals surface area contributed by atoms with Gasteiger partial charge in [-0.05, 0) is 97.7 Å². The fourth-order valence-corrected chi connectivity index (χ4v) is 5.94. The Kier molecular flexibility index (Phi) is 13.4. The molecule has 0 radical (unpaired) electrons. The Morgan fingerprint density at radius 3 is 2.20 bits per heavy atom. The van der Waals surface area contributed by atoms with Crippen LogP contribution < -0.4 is 25.7 Å². The van der Waals surface area contributed by atoms with Gasteiger partial charge in [-0.2, -0.15) is 0 Å². The third-order valence-corrected chi connectivity index (χ3v) is 8.19. The van der Waals surface area contributed by atoms with Crippen LogP contribution >= 0.6 is 23.2 Å². The number of amides is 2. The highest BCUT2D eigenvalue weighted by atomic mass is 35.5. The van der Waals surface area contributed by atoms with Gasteiger partial charge in [0.2, 0.25) is 5.91 Å². The van der Waals surface area contributed by atoms with Crippen LogP contribution in [0.15, 0.2) is 54.6 Å². The van der Waals surface area contributed by atoms with Crippen molar-refractivity contribution in [1.29, 1.82) is 0 Å². The molecule has 0 saturated heterocycles. The first-order valence-electron chi connectivity index (χ1n) is 15.5. The Morgan fingerprint density at radius 2 is 1.57 bits per heavy atom. The van der Waals surface area contributed by atoms with E-state index in [1.165, 1.54) is 0 Å². The normalized spacial score (nSPS) is 13.2. The Labute approximate surface area is 281 Å². The van der Waals surface area contributed by atoms with E-state index in [9.17, 15) is 9.59 Å².